The Morgan fingerprint density at radius 2 is 2.06 bits per heavy atom. The van der Waals surface area contributed by atoms with Crippen molar-refractivity contribution in [1.82, 2.24) is 5.32 Å². The van der Waals surface area contributed by atoms with Gasteiger partial charge in [0.25, 0.3) is 0 Å². The Hall–Kier alpha value is -1.39. The predicted octanol–water partition coefficient (Wildman–Crippen LogP) is 1.12. The van der Waals surface area contributed by atoms with Crippen LogP contribution in [0.3, 0.4) is 0 Å². The van der Waals surface area contributed by atoms with Crippen molar-refractivity contribution < 1.29 is 14.6 Å². The van der Waals surface area contributed by atoms with E-state index in [4.69, 9.17) is 4.74 Å². The summed E-state index contributed by atoms with van der Waals surface area (Å²) in [5, 5.41) is 12.1. The third-order valence-electron chi connectivity index (χ3n) is 2.57. The molecule has 1 aromatic carbocycles. The van der Waals surface area contributed by atoms with Crippen LogP contribution in [-0.4, -0.2) is 31.3 Å². The van der Waals surface area contributed by atoms with Crippen molar-refractivity contribution in [3.05, 3.63) is 35.9 Å². The molecule has 2 N–H and O–H groups in total. The molecule has 0 saturated carbocycles. The van der Waals surface area contributed by atoms with Gasteiger partial charge >= 0.3 is 0 Å². The molecule has 0 radical (unpaired) electrons. The number of hydrogen-bond acceptors (Lipinski definition) is 3. The number of nitrogens with one attached hydrogen (secondary N) is 1. The van der Waals surface area contributed by atoms with Gasteiger partial charge in [0, 0.05) is 7.11 Å². The summed E-state index contributed by atoms with van der Waals surface area (Å²) < 4.78 is 4.92. The van der Waals surface area contributed by atoms with Gasteiger partial charge in [-0.25, -0.2) is 0 Å². The number of hydrogen-bond donors (Lipinski definition) is 2. The minimum absolute atomic E-state index is 0.116. The number of aliphatic hydroxyl groups is 1. The zero-order valence-electron chi connectivity index (χ0n) is 10.2. The topological polar surface area (TPSA) is 58.6 Å². The molecule has 0 heterocycles. The molecule has 0 spiro atoms. The van der Waals surface area contributed by atoms with Gasteiger partial charge in [-0.05, 0) is 5.56 Å². The Morgan fingerprint density at radius 3 is 2.59 bits per heavy atom. The normalized spacial score (nSPS) is 14.1. The fraction of sp³-hybridized carbons (Fsp3) is 0.462. The monoisotopic (exact) mass is 237 g/mol. The number of rotatable bonds is 6. The molecule has 0 aliphatic carbocycles. The molecule has 2 atom stereocenters. The maximum atomic E-state index is 11.8. The SMILES string of the molecule is COC[C@H](C)C(=O)N[C@H](CO)c1ccccc1. The van der Waals surface area contributed by atoms with Crippen LogP contribution in [0.25, 0.3) is 0 Å². The van der Waals surface area contributed by atoms with Crippen LogP contribution in [0.2, 0.25) is 0 Å². The van der Waals surface area contributed by atoms with Gasteiger partial charge in [-0.2, -0.15) is 0 Å². The largest absolute Gasteiger partial charge is 0.394 e. The zero-order valence-corrected chi connectivity index (χ0v) is 10.2. The molecule has 94 valence electrons. The minimum Gasteiger partial charge on any atom is -0.394 e. The third-order valence-corrected chi connectivity index (χ3v) is 2.57. The second-order valence-electron chi connectivity index (χ2n) is 4.01. The van der Waals surface area contributed by atoms with Crippen LogP contribution in [0, 0.1) is 5.92 Å². The Bertz CT molecular complexity index is 340. The van der Waals surface area contributed by atoms with Crippen molar-refractivity contribution in [3.8, 4) is 0 Å². The second kappa shape index (κ2) is 7.04. The minimum atomic E-state index is -0.358. The van der Waals surface area contributed by atoms with E-state index in [-0.39, 0.29) is 24.5 Å². The highest BCUT2D eigenvalue weighted by Gasteiger charge is 2.17. The lowest BCUT2D eigenvalue weighted by Crippen LogP contribution is -2.36. The Morgan fingerprint density at radius 1 is 1.41 bits per heavy atom. The molecule has 0 fully saturated rings. The van der Waals surface area contributed by atoms with Crippen LogP contribution in [-0.2, 0) is 9.53 Å². The van der Waals surface area contributed by atoms with Crippen LogP contribution < -0.4 is 5.32 Å². The van der Waals surface area contributed by atoms with Crippen molar-refractivity contribution in [1.29, 1.82) is 0 Å². The van der Waals surface area contributed by atoms with E-state index in [1.165, 1.54) is 0 Å². The van der Waals surface area contributed by atoms with Crippen molar-refractivity contribution in [2.75, 3.05) is 20.3 Å². The second-order valence-corrected chi connectivity index (χ2v) is 4.01. The van der Waals surface area contributed by atoms with Crippen molar-refractivity contribution >= 4 is 5.91 Å². The number of carbonyl (C=O) groups is 1. The maximum Gasteiger partial charge on any atom is 0.225 e. The fourth-order valence-corrected chi connectivity index (χ4v) is 1.56. The highest BCUT2D eigenvalue weighted by atomic mass is 16.5. The van der Waals surface area contributed by atoms with Crippen molar-refractivity contribution in [3.63, 3.8) is 0 Å². The van der Waals surface area contributed by atoms with E-state index in [1.807, 2.05) is 30.3 Å². The summed E-state index contributed by atoms with van der Waals surface area (Å²) in [6.07, 6.45) is 0. The van der Waals surface area contributed by atoms with Crippen molar-refractivity contribution in [2.45, 2.75) is 13.0 Å². The number of ether oxygens (including phenoxy) is 1. The molecule has 1 rings (SSSR count). The average Bonchev–Trinajstić information content (AvgIpc) is 2.37. The number of methoxy groups -OCH3 is 1. The molecule has 0 aliphatic rings. The molecule has 0 saturated heterocycles. The van der Waals surface area contributed by atoms with Gasteiger partial charge in [0.2, 0.25) is 5.91 Å². The third kappa shape index (κ3) is 4.17. The highest BCUT2D eigenvalue weighted by Crippen LogP contribution is 2.12. The van der Waals surface area contributed by atoms with Crippen LogP contribution >= 0.6 is 0 Å². The first-order valence-electron chi connectivity index (χ1n) is 5.64. The molecule has 17 heavy (non-hydrogen) atoms. The lowest BCUT2D eigenvalue weighted by Gasteiger charge is -2.19. The van der Waals surface area contributed by atoms with E-state index >= 15 is 0 Å². The van der Waals surface area contributed by atoms with Gasteiger partial charge in [0.05, 0.1) is 25.2 Å². The fourth-order valence-electron chi connectivity index (χ4n) is 1.56. The zero-order chi connectivity index (χ0) is 12.7. The molecule has 0 aromatic heterocycles. The Labute approximate surface area is 102 Å². The summed E-state index contributed by atoms with van der Waals surface area (Å²) in [6, 6.07) is 9.05. The number of carbonyl (C=O) groups excluding carboxylic acids is 1. The molecule has 0 unspecified atom stereocenters. The van der Waals surface area contributed by atoms with Gasteiger partial charge < -0.3 is 15.2 Å². The highest BCUT2D eigenvalue weighted by molar-refractivity contribution is 5.78. The lowest BCUT2D eigenvalue weighted by atomic mass is 10.1. The van der Waals surface area contributed by atoms with Crippen LogP contribution in [0.5, 0.6) is 0 Å². The molecule has 1 amide bonds. The standard InChI is InChI=1S/C13H19NO3/c1-10(9-17-2)13(16)14-12(8-15)11-6-4-3-5-7-11/h3-7,10,12,15H,8-9H2,1-2H3,(H,14,16)/t10-,12+/m0/s1. The van der Waals surface area contributed by atoms with Crippen LogP contribution in [0.15, 0.2) is 30.3 Å². The summed E-state index contributed by atoms with van der Waals surface area (Å²) in [4.78, 5) is 11.8. The molecule has 0 bridgehead atoms. The quantitative estimate of drug-likeness (QED) is 0.779. The number of benzene rings is 1. The maximum absolute atomic E-state index is 11.8. The van der Waals surface area contributed by atoms with E-state index in [0.29, 0.717) is 6.61 Å². The van der Waals surface area contributed by atoms with E-state index in [2.05, 4.69) is 5.32 Å². The van der Waals surface area contributed by atoms with E-state index in [0.717, 1.165) is 5.56 Å². The summed E-state index contributed by atoms with van der Waals surface area (Å²) in [6.45, 7) is 2.05. The van der Waals surface area contributed by atoms with Crippen molar-refractivity contribution in [2.24, 2.45) is 5.92 Å². The van der Waals surface area contributed by atoms with Gasteiger partial charge in [-0.3, -0.25) is 4.79 Å². The average molecular weight is 237 g/mol. The Balaban J connectivity index is 2.62. The first-order valence-corrected chi connectivity index (χ1v) is 5.64. The number of amides is 1. The first kappa shape index (κ1) is 13.7. The molecular weight excluding hydrogens is 218 g/mol. The summed E-state index contributed by atoms with van der Waals surface area (Å²) >= 11 is 0. The smallest absolute Gasteiger partial charge is 0.225 e. The van der Waals surface area contributed by atoms with Gasteiger partial charge in [-0.15, -0.1) is 0 Å². The van der Waals surface area contributed by atoms with Gasteiger partial charge in [-0.1, -0.05) is 37.3 Å². The molecule has 1 aromatic rings. The lowest BCUT2D eigenvalue weighted by molar-refractivity contribution is -0.127. The Kier molecular flexibility index (Phi) is 5.66. The molecular formula is C13H19NO3. The predicted molar refractivity (Wildman–Crippen MR) is 65.5 cm³/mol. The van der Waals surface area contributed by atoms with E-state index in [1.54, 1.807) is 14.0 Å². The van der Waals surface area contributed by atoms with E-state index in [9.17, 15) is 9.90 Å². The van der Waals surface area contributed by atoms with Gasteiger partial charge in [0.1, 0.15) is 0 Å². The van der Waals surface area contributed by atoms with Crippen LogP contribution in [0.4, 0.5) is 0 Å². The van der Waals surface area contributed by atoms with E-state index < -0.39 is 0 Å². The summed E-state index contributed by atoms with van der Waals surface area (Å²) in [7, 11) is 1.56. The number of aliphatic hydroxyl groups excluding tert-OH is 1. The van der Waals surface area contributed by atoms with Gasteiger partial charge in [0.15, 0.2) is 0 Å². The molecule has 0 aliphatic heterocycles. The molecule has 4 heteroatoms. The summed E-state index contributed by atoms with van der Waals surface area (Å²) in [5.74, 6) is -0.340. The van der Waals surface area contributed by atoms with Crippen LogP contribution in [0.1, 0.15) is 18.5 Å². The molecule has 4 nitrogen and oxygen atoms in total. The first-order chi connectivity index (χ1) is 8.19. The summed E-state index contributed by atoms with van der Waals surface area (Å²) in [5.41, 5.74) is 0.896.